The van der Waals surface area contributed by atoms with Crippen molar-refractivity contribution in [3.05, 3.63) is 48.1 Å². The molecule has 278 valence electrons. The highest BCUT2D eigenvalue weighted by atomic mass is 16.5. The van der Waals surface area contributed by atoms with Crippen LogP contribution in [-0.2, 0) is 9.53 Å². The summed E-state index contributed by atoms with van der Waals surface area (Å²) < 4.78 is 6.13. The van der Waals surface area contributed by atoms with E-state index in [2.05, 4.69) is 91.0 Å². The van der Waals surface area contributed by atoms with Crippen LogP contribution in [0.15, 0.2) is 48.1 Å². The second-order valence-electron chi connectivity index (χ2n) is 17.9. The third-order valence-corrected chi connectivity index (χ3v) is 14.6. The SMILES string of the molecule is CCC=CCC=CCC=CCCCCCCCC(=O)OC1CC[C@@]2(C)C(=CC[C@H]3[C@@H]4CC[C@H]([C@H](C)CC[C@@H](CC)C(C)C)[C@@]4(C)CC[C@@H]32)C1. The zero-order valence-corrected chi connectivity index (χ0v) is 33.3. The lowest BCUT2D eigenvalue weighted by Gasteiger charge is -2.58. The quantitative estimate of drug-likeness (QED) is 0.0730. The van der Waals surface area contributed by atoms with Crippen LogP contribution >= 0.6 is 0 Å². The minimum absolute atomic E-state index is 0.0438. The fourth-order valence-corrected chi connectivity index (χ4v) is 11.5. The monoisotopic (exact) mass is 675 g/mol. The molecule has 0 heterocycles. The Morgan fingerprint density at radius 2 is 1.55 bits per heavy atom. The Kier molecular flexibility index (Phi) is 16.3. The molecule has 0 aliphatic heterocycles. The largest absolute Gasteiger partial charge is 0.462 e. The first-order valence-electron chi connectivity index (χ1n) is 21.5. The fourth-order valence-electron chi connectivity index (χ4n) is 11.5. The maximum Gasteiger partial charge on any atom is 0.306 e. The number of rotatable bonds is 20. The van der Waals surface area contributed by atoms with E-state index in [1.165, 1.54) is 83.5 Å². The molecule has 4 rings (SSSR count). The second kappa shape index (κ2) is 19.9. The van der Waals surface area contributed by atoms with Crippen molar-refractivity contribution in [1.82, 2.24) is 0 Å². The lowest BCUT2D eigenvalue weighted by molar-refractivity contribution is -0.151. The number of ether oxygens (including phenoxy) is 1. The number of hydrogen-bond donors (Lipinski definition) is 0. The molecule has 0 aromatic rings. The van der Waals surface area contributed by atoms with Crippen molar-refractivity contribution < 1.29 is 9.53 Å². The molecule has 3 saturated carbocycles. The molecule has 0 N–H and O–H groups in total. The van der Waals surface area contributed by atoms with Crippen molar-refractivity contribution in [2.75, 3.05) is 0 Å². The molecule has 4 aliphatic carbocycles. The number of unbranched alkanes of at least 4 members (excludes halogenated alkanes) is 5. The Bertz CT molecular complexity index is 1110. The first kappa shape index (κ1) is 40.2. The van der Waals surface area contributed by atoms with Gasteiger partial charge in [-0.2, -0.15) is 0 Å². The molecule has 0 saturated heterocycles. The molecule has 0 aromatic carbocycles. The molecule has 3 fully saturated rings. The molecule has 2 nitrogen and oxygen atoms in total. The summed E-state index contributed by atoms with van der Waals surface area (Å²) in [5, 5.41) is 0. The average Bonchev–Trinajstić information content (AvgIpc) is 3.44. The van der Waals surface area contributed by atoms with Crippen molar-refractivity contribution in [2.24, 2.45) is 52.3 Å². The highest BCUT2D eigenvalue weighted by Crippen LogP contribution is 2.67. The highest BCUT2D eigenvalue weighted by molar-refractivity contribution is 5.69. The predicted molar refractivity (Wildman–Crippen MR) is 211 cm³/mol. The summed E-state index contributed by atoms with van der Waals surface area (Å²) in [6.45, 7) is 17.3. The Morgan fingerprint density at radius 3 is 2.29 bits per heavy atom. The number of carbonyl (C=O) groups is 1. The third kappa shape index (κ3) is 10.7. The molecule has 0 spiro atoms. The maximum absolute atomic E-state index is 12.8. The van der Waals surface area contributed by atoms with E-state index in [4.69, 9.17) is 4.74 Å². The summed E-state index contributed by atoms with van der Waals surface area (Å²) in [6, 6.07) is 0. The Labute approximate surface area is 304 Å². The van der Waals surface area contributed by atoms with Gasteiger partial charge in [-0.25, -0.2) is 0 Å². The van der Waals surface area contributed by atoms with Gasteiger partial charge >= 0.3 is 5.97 Å². The van der Waals surface area contributed by atoms with Crippen LogP contribution < -0.4 is 0 Å². The van der Waals surface area contributed by atoms with Crippen molar-refractivity contribution in [3.8, 4) is 0 Å². The number of fused-ring (bicyclic) bond motifs is 5. The topological polar surface area (TPSA) is 26.3 Å². The summed E-state index contributed by atoms with van der Waals surface area (Å²) in [7, 11) is 0. The van der Waals surface area contributed by atoms with Gasteiger partial charge in [-0.15, -0.1) is 0 Å². The molecule has 0 radical (unpaired) electrons. The maximum atomic E-state index is 12.8. The van der Waals surface area contributed by atoms with Crippen molar-refractivity contribution in [3.63, 3.8) is 0 Å². The normalized spacial score (nSPS) is 32.7. The Morgan fingerprint density at radius 1 is 0.837 bits per heavy atom. The zero-order chi connectivity index (χ0) is 35.3. The van der Waals surface area contributed by atoms with E-state index in [-0.39, 0.29) is 12.1 Å². The molecular formula is C47H78O2. The van der Waals surface area contributed by atoms with E-state index < -0.39 is 0 Å². The van der Waals surface area contributed by atoms with Gasteiger partial charge in [0.1, 0.15) is 6.10 Å². The first-order chi connectivity index (χ1) is 23.6. The summed E-state index contributed by atoms with van der Waals surface area (Å²) in [5.74, 6) is 6.11. The Hall–Kier alpha value is -1.57. The van der Waals surface area contributed by atoms with Gasteiger partial charge in [0, 0.05) is 12.8 Å². The van der Waals surface area contributed by atoms with Crippen LogP contribution in [0, 0.1) is 52.3 Å². The predicted octanol–water partition coefficient (Wildman–Crippen LogP) is 14.2. The smallest absolute Gasteiger partial charge is 0.306 e. The first-order valence-corrected chi connectivity index (χ1v) is 21.5. The van der Waals surface area contributed by atoms with Crippen LogP contribution in [0.5, 0.6) is 0 Å². The average molecular weight is 675 g/mol. The zero-order valence-electron chi connectivity index (χ0n) is 33.3. The van der Waals surface area contributed by atoms with E-state index in [1.807, 2.05) is 0 Å². The van der Waals surface area contributed by atoms with E-state index in [0.29, 0.717) is 17.3 Å². The van der Waals surface area contributed by atoms with Gasteiger partial charge in [-0.05, 0) is 142 Å². The summed E-state index contributed by atoms with van der Waals surface area (Å²) in [6.07, 6.45) is 41.6. The van der Waals surface area contributed by atoms with Gasteiger partial charge in [-0.1, -0.05) is 129 Å². The van der Waals surface area contributed by atoms with E-state index in [1.54, 1.807) is 5.57 Å². The Balaban J connectivity index is 1.15. The van der Waals surface area contributed by atoms with Gasteiger partial charge in [0.05, 0.1) is 0 Å². The molecule has 9 atom stereocenters. The summed E-state index contributed by atoms with van der Waals surface area (Å²) in [5.41, 5.74) is 2.49. The molecule has 0 bridgehead atoms. The van der Waals surface area contributed by atoms with E-state index >= 15 is 0 Å². The number of hydrogen-bond acceptors (Lipinski definition) is 2. The summed E-state index contributed by atoms with van der Waals surface area (Å²) >= 11 is 0. The molecule has 4 aliphatic rings. The van der Waals surface area contributed by atoms with E-state index in [9.17, 15) is 4.79 Å². The van der Waals surface area contributed by atoms with Crippen molar-refractivity contribution in [2.45, 2.75) is 189 Å². The van der Waals surface area contributed by atoms with Crippen LogP contribution in [0.3, 0.4) is 0 Å². The van der Waals surface area contributed by atoms with Gasteiger partial charge in [0.15, 0.2) is 0 Å². The van der Waals surface area contributed by atoms with Crippen molar-refractivity contribution in [1.29, 1.82) is 0 Å². The number of carbonyl (C=O) groups excluding carboxylic acids is 1. The van der Waals surface area contributed by atoms with Gasteiger partial charge in [0.25, 0.3) is 0 Å². The lowest BCUT2D eigenvalue weighted by atomic mass is 9.47. The lowest BCUT2D eigenvalue weighted by Crippen LogP contribution is -2.51. The molecular weight excluding hydrogens is 597 g/mol. The number of allylic oxidation sites excluding steroid dienone is 7. The van der Waals surface area contributed by atoms with Crippen molar-refractivity contribution >= 4 is 5.97 Å². The highest BCUT2D eigenvalue weighted by Gasteiger charge is 2.59. The number of esters is 1. The third-order valence-electron chi connectivity index (χ3n) is 14.6. The molecule has 49 heavy (non-hydrogen) atoms. The minimum Gasteiger partial charge on any atom is -0.462 e. The van der Waals surface area contributed by atoms with E-state index in [0.717, 1.165) is 86.4 Å². The van der Waals surface area contributed by atoms with Gasteiger partial charge in [0.2, 0.25) is 0 Å². The fraction of sp³-hybridized carbons (Fsp3) is 0.809. The van der Waals surface area contributed by atoms with Crippen LogP contribution in [0.4, 0.5) is 0 Å². The van der Waals surface area contributed by atoms with Crippen LogP contribution in [0.1, 0.15) is 183 Å². The van der Waals surface area contributed by atoms with Crippen LogP contribution in [-0.4, -0.2) is 12.1 Å². The second-order valence-corrected chi connectivity index (χ2v) is 17.9. The summed E-state index contributed by atoms with van der Waals surface area (Å²) in [4.78, 5) is 12.8. The van der Waals surface area contributed by atoms with Gasteiger partial charge in [-0.3, -0.25) is 4.79 Å². The molecule has 2 heteroatoms. The standard InChI is InChI=1S/C47H78O2/c1-8-10-11-12-13-14-15-16-17-18-19-20-21-22-23-24-45(48)49-40-31-33-46(6)39(35-40)27-28-41-43-30-29-42(47(43,7)34-32-44(41)46)37(5)25-26-38(9-2)36(3)4/h10-11,13-14,16-17,27,36-38,40-44H,8-9,12,15,18-26,28-35H2,1-7H3/t37-,38-,40?,41+,42-,43+,44+,46+,47-/m1/s1. The minimum atomic E-state index is 0.0438. The molecule has 0 amide bonds. The van der Waals surface area contributed by atoms with Crippen LogP contribution in [0.25, 0.3) is 0 Å². The van der Waals surface area contributed by atoms with Gasteiger partial charge < -0.3 is 4.74 Å². The molecule has 0 aromatic heterocycles. The van der Waals surface area contributed by atoms with Crippen LogP contribution in [0.2, 0.25) is 0 Å². The molecule has 1 unspecified atom stereocenters.